The number of nitrogens with zero attached hydrogens (tertiary/aromatic N) is 2. The summed E-state index contributed by atoms with van der Waals surface area (Å²) in [5.41, 5.74) is 0.566. The third-order valence-electron chi connectivity index (χ3n) is 2.14. The summed E-state index contributed by atoms with van der Waals surface area (Å²) < 4.78 is 0. The zero-order chi connectivity index (χ0) is 9.97. The van der Waals surface area contributed by atoms with Gasteiger partial charge in [-0.3, -0.25) is 15.1 Å². The summed E-state index contributed by atoms with van der Waals surface area (Å²) in [5.74, 6) is 0. The van der Waals surface area contributed by atoms with Gasteiger partial charge in [0.1, 0.15) is 11.9 Å². The molecule has 1 aliphatic heterocycles. The molecule has 1 aliphatic rings. The fraction of sp³-hybridized carbons (Fsp3) is 0.375. The standard InChI is InChI=1S/C8H10N4O2/c13-12(14)8-5-9-2-1-7(8)11-6-3-10-4-6/h1-2,5-6,10H,3-4H2,(H,9,11). The highest BCUT2D eigenvalue weighted by molar-refractivity contribution is 5.60. The Labute approximate surface area is 80.5 Å². The first-order valence-electron chi connectivity index (χ1n) is 4.33. The molecule has 0 atom stereocenters. The fourth-order valence-corrected chi connectivity index (χ4v) is 1.26. The second-order valence-corrected chi connectivity index (χ2v) is 3.15. The number of nitrogens with one attached hydrogen (secondary N) is 2. The van der Waals surface area contributed by atoms with Gasteiger partial charge in [0.2, 0.25) is 0 Å². The van der Waals surface area contributed by atoms with E-state index in [9.17, 15) is 10.1 Å². The molecule has 14 heavy (non-hydrogen) atoms. The quantitative estimate of drug-likeness (QED) is 0.537. The summed E-state index contributed by atoms with van der Waals surface area (Å²) in [6.07, 6.45) is 2.80. The van der Waals surface area contributed by atoms with Crippen molar-refractivity contribution in [2.24, 2.45) is 0 Å². The van der Waals surface area contributed by atoms with Gasteiger partial charge in [-0.25, -0.2) is 0 Å². The lowest BCUT2D eigenvalue weighted by molar-refractivity contribution is -0.384. The van der Waals surface area contributed by atoms with Crippen LogP contribution in [0, 0.1) is 10.1 Å². The molecule has 0 saturated carbocycles. The Morgan fingerprint density at radius 1 is 1.64 bits per heavy atom. The molecule has 0 radical (unpaired) electrons. The second kappa shape index (κ2) is 3.59. The molecular formula is C8H10N4O2. The number of aromatic nitrogens is 1. The van der Waals surface area contributed by atoms with Gasteiger partial charge in [-0.15, -0.1) is 0 Å². The zero-order valence-electron chi connectivity index (χ0n) is 7.43. The third kappa shape index (κ3) is 1.64. The van der Waals surface area contributed by atoms with Crippen LogP contribution in [0.2, 0.25) is 0 Å². The van der Waals surface area contributed by atoms with E-state index in [2.05, 4.69) is 15.6 Å². The van der Waals surface area contributed by atoms with E-state index in [4.69, 9.17) is 0 Å². The summed E-state index contributed by atoms with van der Waals surface area (Å²) in [6, 6.07) is 1.91. The van der Waals surface area contributed by atoms with Crippen LogP contribution >= 0.6 is 0 Å². The molecule has 2 heterocycles. The summed E-state index contributed by atoms with van der Waals surface area (Å²) in [7, 11) is 0. The molecule has 0 amide bonds. The van der Waals surface area contributed by atoms with Crippen LogP contribution in [-0.4, -0.2) is 29.0 Å². The number of anilines is 1. The number of rotatable bonds is 3. The minimum absolute atomic E-state index is 0.0272. The Morgan fingerprint density at radius 2 is 2.43 bits per heavy atom. The molecule has 1 aromatic heterocycles. The van der Waals surface area contributed by atoms with Gasteiger partial charge in [0.05, 0.1) is 11.0 Å². The summed E-state index contributed by atoms with van der Waals surface area (Å²) in [5, 5.41) is 16.8. The van der Waals surface area contributed by atoms with Crippen molar-refractivity contribution >= 4 is 11.4 Å². The third-order valence-corrected chi connectivity index (χ3v) is 2.14. The molecule has 6 nitrogen and oxygen atoms in total. The maximum Gasteiger partial charge on any atom is 0.310 e. The molecule has 74 valence electrons. The summed E-state index contributed by atoms with van der Waals surface area (Å²) in [4.78, 5) is 13.9. The lowest BCUT2D eigenvalue weighted by atomic mass is 10.1. The van der Waals surface area contributed by atoms with Crippen molar-refractivity contribution < 1.29 is 4.92 Å². The molecule has 1 fully saturated rings. The van der Waals surface area contributed by atoms with Crippen molar-refractivity contribution in [3.63, 3.8) is 0 Å². The maximum absolute atomic E-state index is 10.6. The van der Waals surface area contributed by atoms with Gasteiger partial charge in [-0.1, -0.05) is 0 Å². The minimum Gasteiger partial charge on any atom is -0.374 e. The molecule has 0 unspecified atom stereocenters. The smallest absolute Gasteiger partial charge is 0.310 e. The fourth-order valence-electron chi connectivity index (χ4n) is 1.26. The topological polar surface area (TPSA) is 80.1 Å². The second-order valence-electron chi connectivity index (χ2n) is 3.15. The number of nitro groups is 1. The van der Waals surface area contributed by atoms with Gasteiger partial charge in [0.25, 0.3) is 0 Å². The monoisotopic (exact) mass is 194 g/mol. The van der Waals surface area contributed by atoms with Crippen molar-refractivity contribution in [3.8, 4) is 0 Å². The molecule has 2 rings (SSSR count). The highest BCUT2D eigenvalue weighted by Crippen LogP contribution is 2.22. The molecule has 2 N–H and O–H groups in total. The van der Waals surface area contributed by atoms with Gasteiger partial charge in [-0.05, 0) is 6.07 Å². The number of hydrogen-bond acceptors (Lipinski definition) is 5. The van der Waals surface area contributed by atoms with Gasteiger partial charge in [0.15, 0.2) is 0 Å². The van der Waals surface area contributed by atoms with Crippen LogP contribution in [0.5, 0.6) is 0 Å². The largest absolute Gasteiger partial charge is 0.374 e. The van der Waals surface area contributed by atoms with Gasteiger partial charge >= 0.3 is 5.69 Å². The van der Waals surface area contributed by atoms with Crippen LogP contribution in [0.1, 0.15) is 0 Å². The van der Waals surface area contributed by atoms with E-state index in [0.717, 1.165) is 13.1 Å². The molecule has 0 aliphatic carbocycles. The Bertz CT molecular complexity index is 351. The van der Waals surface area contributed by atoms with E-state index in [1.165, 1.54) is 6.20 Å². The van der Waals surface area contributed by atoms with E-state index in [1.54, 1.807) is 12.3 Å². The van der Waals surface area contributed by atoms with Crippen LogP contribution in [0.3, 0.4) is 0 Å². The molecular weight excluding hydrogens is 184 g/mol. The van der Waals surface area contributed by atoms with E-state index < -0.39 is 4.92 Å². The summed E-state index contributed by atoms with van der Waals surface area (Å²) in [6.45, 7) is 1.69. The number of pyridine rings is 1. The minimum atomic E-state index is -0.429. The van der Waals surface area contributed by atoms with E-state index in [-0.39, 0.29) is 11.7 Å². The Morgan fingerprint density at radius 3 is 3.00 bits per heavy atom. The van der Waals surface area contributed by atoms with E-state index in [1.807, 2.05) is 0 Å². The Hall–Kier alpha value is -1.69. The van der Waals surface area contributed by atoms with Crippen LogP contribution in [0.4, 0.5) is 11.4 Å². The molecule has 0 spiro atoms. The average Bonchev–Trinajstić information content (AvgIpc) is 2.12. The van der Waals surface area contributed by atoms with E-state index >= 15 is 0 Å². The lowest BCUT2D eigenvalue weighted by Gasteiger charge is -2.28. The molecule has 0 bridgehead atoms. The van der Waals surface area contributed by atoms with Crippen molar-refractivity contribution in [2.45, 2.75) is 6.04 Å². The molecule has 1 aromatic rings. The Kier molecular flexibility index (Phi) is 2.28. The zero-order valence-corrected chi connectivity index (χ0v) is 7.43. The van der Waals surface area contributed by atoms with Gasteiger partial charge < -0.3 is 10.6 Å². The highest BCUT2D eigenvalue weighted by Gasteiger charge is 2.20. The van der Waals surface area contributed by atoms with Crippen LogP contribution < -0.4 is 10.6 Å². The SMILES string of the molecule is O=[N+]([O-])c1cnccc1NC1CNC1. The van der Waals surface area contributed by atoms with E-state index in [0.29, 0.717) is 5.69 Å². The van der Waals surface area contributed by atoms with Gasteiger partial charge in [-0.2, -0.15) is 0 Å². The normalized spacial score (nSPS) is 16.0. The first kappa shape index (κ1) is 8.89. The van der Waals surface area contributed by atoms with Crippen LogP contribution in [0.15, 0.2) is 18.5 Å². The Balaban J connectivity index is 2.17. The number of hydrogen-bond donors (Lipinski definition) is 2. The highest BCUT2D eigenvalue weighted by atomic mass is 16.6. The van der Waals surface area contributed by atoms with Crippen LogP contribution in [-0.2, 0) is 0 Å². The lowest BCUT2D eigenvalue weighted by Crippen LogP contribution is -2.51. The van der Waals surface area contributed by atoms with Crippen LogP contribution in [0.25, 0.3) is 0 Å². The summed E-state index contributed by atoms with van der Waals surface area (Å²) >= 11 is 0. The first-order chi connectivity index (χ1) is 6.77. The van der Waals surface area contributed by atoms with Crippen molar-refractivity contribution in [1.82, 2.24) is 10.3 Å². The average molecular weight is 194 g/mol. The predicted octanol–water partition coefficient (Wildman–Crippen LogP) is 0.373. The molecule has 0 aromatic carbocycles. The molecule has 6 heteroatoms. The predicted molar refractivity (Wildman–Crippen MR) is 51.2 cm³/mol. The first-order valence-corrected chi connectivity index (χ1v) is 4.33. The van der Waals surface area contributed by atoms with Gasteiger partial charge in [0, 0.05) is 19.3 Å². The van der Waals surface area contributed by atoms with Crippen molar-refractivity contribution in [1.29, 1.82) is 0 Å². The van der Waals surface area contributed by atoms with Crippen molar-refractivity contribution in [3.05, 3.63) is 28.6 Å². The maximum atomic E-state index is 10.6. The van der Waals surface area contributed by atoms with Crippen molar-refractivity contribution in [2.75, 3.05) is 18.4 Å². The molecule has 1 saturated heterocycles.